The van der Waals surface area contributed by atoms with Crippen molar-refractivity contribution in [3.63, 3.8) is 0 Å². The standard InChI is InChI=1S/C25H21BrN2O2/c1-18-7-5-6-10-22(18)27-24(30)25(16-15-19-8-3-2-4-9-19)17-23(29)28(25)21-13-11-20(26)12-14-21/h2-16H,17H2,1H3,(H,27,30)/t25-/m1/s1. The van der Waals surface area contributed by atoms with Gasteiger partial charge in [-0.1, -0.05) is 70.5 Å². The number of carbonyl (C=O) groups excluding carboxylic acids is 2. The lowest BCUT2D eigenvalue weighted by Gasteiger charge is -2.48. The molecule has 3 aromatic carbocycles. The van der Waals surface area contributed by atoms with Crippen LogP contribution in [0.3, 0.4) is 0 Å². The number of rotatable bonds is 5. The first-order valence-electron chi connectivity index (χ1n) is 9.70. The summed E-state index contributed by atoms with van der Waals surface area (Å²) in [5.74, 6) is -0.318. The first kappa shape index (κ1) is 20.1. The lowest BCUT2D eigenvalue weighted by atomic mass is 9.81. The maximum absolute atomic E-state index is 13.5. The molecule has 3 aromatic rings. The fourth-order valence-corrected chi connectivity index (χ4v) is 3.88. The molecule has 1 heterocycles. The molecule has 5 heteroatoms. The topological polar surface area (TPSA) is 49.4 Å². The summed E-state index contributed by atoms with van der Waals surface area (Å²) in [6.45, 7) is 1.94. The zero-order valence-electron chi connectivity index (χ0n) is 16.5. The van der Waals surface area contributed by atoms with Crippen LogP contribution in [0.15, 0.2) is 89.4 Å². The number of hydrogen-bond donors (Lipinski definition) is 1. The lowest BCUT2D eigenvalue weighted by Crippen LogP contribution is -2.68. The highest BCUT2D eigenvalue weighted by Gasteiger charge is 2.55. The Bertz CT molecular complexity index is 1110. The van der Waals surface area contributed by atoms with Crippen LogP contribution in [0.1, 0.15) is 17.5 Å². The van der Waals surface area contributed by atoms with E-state index in [1.165, 1.54) is 0 Å². The smallest absolute Gasteiger partial charge is 0.255 e. The molecule has 1 aliphatic rings. The molecule has 1 N–H and O–H groups in total. The minimum Gasteiger partial charge on any atom is -0.323 e. The van der Waals surface area contributed by atoms with Crippen LogP contribution >= 0.6 is 15.9 Å². The Labute approximate surface area is 184 Å². The first-order chi connectivity index (χ1) is 14.5. The van der Waals surface area contributed by atoms with Crippen molar-refractivity contribution in [2.24, 2.45) is 0 Å². The number of para-hydroxylation sites is 1. The molecule has 30 heavy (non-hydrogen) atoms. The van der Waals surface area contributed by atoms with Gasteiger partial charge in [0.25, 0.3) is 5.91 Å². The third-order valence-corrected chi connectivity index (χ3v) is 5.82. The normalized spacial score (nSPS) is 18.3. The second-order valence-corrected chi connectivity index (χ2v) is 8.24. The number of hydrogen-bond acceptors (Lipinski definition) is 2. The highest BCUT2D eigenvalue weighted by Crippen LogP contribution is 2.40. The van der Waals surface area contributed by atoms with Gasteiger partial charge in [-0.15, -0.1) is 0 Å². The van der Waals surface area contributed by atoms with E-state index in [4.69, 9.17) is 0 Å². The van der Waals surface area contributed by atoms with Crippen LogP contribution in [0.2, 0.25) is 0 Å². The summed E-state index contributed by atoms with van der Waals surface area (Å²) in [6, 6.07) is 24.8. The number of carbonyl (C=O) groups is 2. The number of aryl methyl sites for hydroxylation is 1. The predicted molar refractivity (Wildman–Crippen MR) is 124 cm³/mol. The quantitative estimate of drug-likeness (QED) is 0.504. The van der Waals surface area contributed by atoms with E-state index in [1.54, 1.807) is 4.90 Å². The van der Waals surface area contributed by atoms with Crippen molar-refractivity contribution in [3.05, 3.63) is 101 Å². The fraction of sp³-hybridized carbons (Fsp3) is 0.120. The summed E-state index contributed by atoms with van der Waals surface area (Å²) in [6.07, 6.45) is 3.85. The van der Waals surface area contributed by atoms with Gasteiger partial charge in [0, 0.05) is 15.8 Å². The van der Waals surface area contributed by atoms with E-state index in [2.05, 4.69) is 21.2 Å². The summed E-state index contributed by atoms with van der Waals surface area (Å²) in [5, 5.41) is 3.03. The van der Waals surface area contributed by atoms with E-state index in [-0.39, 0.29) is 18.2 Å². The Morgan fingerprint density at radius 2 is 1.67 bits per heavy atom. The largest absolute Gasteiger partial charge is 0.323 e. The van der Waals surface area contributed by atoms with Gasteiger partial charge >= 0.3 is 0 Å². The van der Waals surface area contributed by atoms with Crippen LogP contribution in [0, 0.1) is 6.92 Å². The Hall–Kier alpha value is -3.18. The molecule has 0 spiro atoms. The molecule has 0 bridgehead atoms. The number of β-lactam (4-membered cyclic amide) rings is 1. The number of nitrogens with one attached hydrogen (secondary N) is 1. The number of halogens is 1. The van der Waals surface area contributed by atoms with Gasteiger partial charge in [-0.2, -0.15) is 0 Å². The van der Waals surface area contributed by atoms with Crippen LogP contribution in [-0.4, -0.2) is 17.4 Å². The molecular formula is C25H21BrN2O2. The van der Waals surface area contributed by atoms with Crippen molar-refractivity contribution < 1.29 is 9.59 Å². The van der Waals surface area contributed by atoms with Crippen molar-refractivity contribution in [2.75, 3.05) is 10.2 Å². The van der Waals surface area contributed by atoms with Gasteiger partial charge in [0.1, 0.15) is 0 Å². The molecule has 4 nitrogen and oxygen atoms in total. The SMILES string of the molecule is Cc1ccccc1NC(=O)[C@@]1(C=Cc2ccccc2)CC(=O)N1c1ccc(Br)cc1. The molecule has 0 aromatic heterocycles. The van der Waals surface area contributed by atoms with E-state index in [1.807, 2.05) is 97.9 Å². The summed E-state index contributed by atoms with van der Waals surface area (Å²) in [7, 11) is 0. The second-order valence-electron chi connectivity index (χ2n) is 7.32. The zero-order valence-corrected chi connectivity index (χ0v) is 18.1. The third-order valence-electron chi connectivity index (χ3n) is 5.29. The molecule has 0 saturated carbocycles. The minimum atomic E-state index is -1.09. The van der Waals surface area contributed by atoms with Gasteiger partial charge in [0.2, 0.25) is 5.91 Å². The lowest BCUT2D eigenvalue weighted by molar-refractivity contribution is -0.134. The van der Waals surface area contributed by atoms with Crippen molar-refractivity contribution in [3.8, 4) is 0 Å². The molecule has 0 unspecified atom stereocenters. The predicted octanol–water partition coefficient (Wildman–Crippen LogP) is 5.59. The Morgan fingerprint density at radius 1 is 1.00 bits per heavy atom. The summed E-state index contributed by atoms with van der Waals surface area (Å²) in [4.78, 5) is 27.8. The third kappa shape index (κ3) is 3.81. The van der Waals surface area contributed by atoms with Gasteiger partial charge in [0.05, 0.1) is 6.42 Å². The van der Waals surface area contributed by atoms with Crippen LogP contribution in [0.5, 0.6) is 0 Å². The van der Waals surface area contributed by atoms with E-state index >= 15 is 0 Å². The maximum atomic E-state index is 13.5. The van der Waals surface area contributed by atoms with Crippen molar-refractivity contribution in [1.82, 2.24) is 0 Å². The molecule has 0 radical (unpaired) electrons. The fourth-order valence-electron chi connectivity index (χ4n) is 3.62. The molecule has 2 amide bonds. The van der Waals surface area contributed by atoms with Crippen molar-refractivity contribution >= 4 is 45.2 Å². The Kier molecular flexibility index (Phi) is 5.55. The van der Waals surface area contributed by atoms with Gasteiger partial charge < -0.3 is 5.32 Å². The van der Waals surface area contributed by atoms with Gasteiger partial charge in [-0.25, -0.2) is 0 Å². The average Bonchev–Trinajstić information content (AvgIpc) is 2.74. The molecule has 1 atom stereocenters. The number of benzene rings is 3. The minimum absolute atomic E-state index is 0.0880. The van der Waals surface area contributed by atoms with Crippen LogP contribution in [0.25, 0.3) is 6.08 Å². The highest BCUT2D eigenvalue weighted by atomic mass is 79.9. The summed E-state index contributed by atoms with van der Waals surface area (Å²) >= 11 is 3.42. The Balaban J connectivity index is 1.74. The Morgan fingerprint density at radius 3 is 2.33 bits per heavy atom. The number of amides is 2. The number of anilines is 2. The second kappa shape index (κ2) is 8.28. The molecule has 1 saturated heterocycles. The van der Waals surface area contributed by atoms with Crippen LogP contribution < -0.4 is 10.2 Å². The molecular weight excluding hydrogens is 440 g/mol. The molecule has 4 rings (SSSR count). The molecule has 150 valence electrons. The highest BCUT2D eigenvalue weighted by molar-refractivity contribution is 9.10. The molecule has 1 aliphatic heterocycles. The van der Waals surface area contributed by atoms with E-state index in [0.29, 0.717) is 5.69 Å². The maximum Gasteiger partial charge on any atom is 0.255 e. The summed E-state index contributed by atoms with van der Waals surface area (Å²) < 4.78 is 0.911. The monoisotopic (exact) mass is 460 g/mol. The zero-order chi connectivity index (χ0) is 21.1. The average molecular weight is 461 g/mol. The van der Waals surface area contributed by atoms with E-state index in [0.717, 1.165) is 21.3 Å². The van der Waals surface area contributed by atoms with Gasteiger partial charge in [-0.3, -0.25) is 14.5 Å². The number of nitrogens with zero attached hydrogens (tertiary/aromatic N) is 1. The van der Waals surface area contributed by atoms with Crippen molar-refractivity contribution in [2.45, 2.75) is 18.9 Å². The van der Waals surface area contributed by atoms with Crippen LogP contribution in [-0.2, 0) is 9.59 Å². The van der Waals surface area contributed by atoms with Gasteiger partial charge in [0.15, 0.2) is 5.54 Å². The summed E-state index contributed by atoms with van der Waals surface area (Å²) in [5.41, 5.74) is 2.27. The molecule has 0 aliphatic carbocycles. The molecule has 1 fully saturated rings. The van der Waals surface area contributed by atoms with E-state index < -0.39 is 5.54 Å². The van der Waals surface area contributed by atoms with Crippen molar-refractivity contribution in [1.29, 1.82) is 0 Å². The first-order valence-corrected chi connectivity index (χ1v) is 10.5. The van der Waals surface area contributed by atoms with Gasteiger partial charge in [-0.05, 0) is 54.5 Å². The van der Waals surface area contributed by atoms with Crippen LogP contribution in [0.4, 0.5) is 11.4 Å². The van der Waals surface area contributed by atoms with E-state index in [9.17, 15) is 9.59 Å².